The maximum absolute atomic E-state index is 11.5. The van der Waals surface area contributed by atoms with Crippen molar-refractivity contribution in [2.45, 2.75) is 51.0 Å². The van der Waals surface area contributed by atoms with E-state index in [1.54, 1.807) is 12.1 Å². The molecule has 24 heavy (non-hydrogen) atoms. The zero-order valence-corrected chi connectivity index (χ0v) is 14.1. The fourth-order valence-electron chi connectivity index (χ4n) is 4.22. The van der Waals surface area contributed by atoms with Crippen molar-refractivity contribution in [1.29, 1.82) is 0 Å². The van der Waals surface area contributed by atoms with E-state index in [9.17, 15) is 15.2 Å². The van der Waals surface area contributed by atoms with Crippen LogP contribution in [-0.4, -0.2) is 21.2 Å². The summed E-state index contributed by atoms with van der Waals surface area (Å²) >= 11 is 0. The van der Waals surface area contributed by atoms with Gasteiger partial charge in [0.25, 0.3) is 5.69 Å². The SMILES string of the molecule is CCC1(CCCO)CCCn2ccc(-c3ccccc3[N+](=O)[O-])c21. The van der Waals surface area contributed by atoms with Crippen LogP contribution in [0.15, 0.2) is 36.5 Å². The second kappa shape index (κ2) is 6.77. The second-order valence-corrected chi connectivity index (χ2v) is 6.61. The summed E-state index contributed by atoms with van der Waals surface area (Å²) in [7, 11) is 0. The summed E-state index contributed by atoms with van der Waals surface area (Å²) in [6, 6.07) is 9.00. The number of aliphatic hydroxyl groups excluding tert-OH is 1. The van der Waals surface area contributed by atoms with Gasteiger partial charge in [-0.2, -0.15) is 0 Å². The van der Waals surface area contributed by atoms with Crippen LogP contribution < -0.4 is 0 Å². The van der Waals surface area contributed by atoms with E-state index in [2.05, 4.69) is 17.7 Å². The molecule has 1 N–H and O–H groups in total. The number of benzene rings is 1. The molecule has 0 radical (unpaired) electrons. The van der Waals surface area contributed by atoms with Crippen LogP contribution in [0.1, 0.15) is 44.7 Å². The molecule has 0 spiro atoms. The summed E-state index contributed by atoms with van der Waals surface area (Å²) in [6.07, 6.45) is 6.89. The Kier molecular flexibility index (Phi) is 4.71. The number of hydrogen-bond acceptors (Lipinski definition) is 3. The lowest BCUT2D eigenvalue weighted by Gasteiger charge is -2.39. The first-order valence-corrected chi connectivity index (χ1v) is 8.67. The van der Waals surface area contributed by atoms with Gasteiger partial charge in [0, 0.05) is 42.1 Å². The molecule has 0 amide bonds. The van der Waals surface area contributed by atoms with Crippen LogP contribution in [-0.2, 0) is 12.0 Å². The monoisotopic (exact) mass is 328 g/mol. The molecular weight excluding hydrogens is 304 g/mol. The highest BCUT2D eigenvalue weighted by Crippen LogP contribution is 2.47. The van der Waals surface area contributed by atoms with Crippen molar-refractivity contribution in [3.8, 4) is 11.1 Å². The van der Waals surface area contributed by atoms with E-state index < -0.39 is 0 Å². The van der Waals surface area contributed by atoms with Gasteiger partial charge in [0.05, 0.1) is 10.5 Å². The molecule has 0 aliphatic carbocycles. The van der Waals surface area contributed by atoms with Crippen molar-refractivity contribution in [3.63, 3.8) is 0 Å². The molecule has 0 fully saturated rings. The average Bonchev–Trinajstić information content (AvgIpc) is 3.05. The number of para-hydroxylation sites is 1. The summed E-state index contributed by atoms with van der Waals surface area (Å²) in [4.78, 5) is 11.2. The van der Waals surface area contributed by atoms with E-state index in [4.69, 9.17) is 0 Å². The molecule has 1 aromatic heterocycles. The van der Waals surface area contributed by atoms with E-state index in [0.29, 0.717) is 5.56 Å². The van der Waals surface area contributed by atoms with Crippen LogP contribution in [0.4, 0.5) is 5.69 Å². The molecule has 5 heteroatoms. The van der Waals surface area contributed by atoms with Crippen LogP contribution >= 0.6 is 0 Å². The van der Waals surface area contributed by atoms with Gasteiger partial charge in [-0.05, 0) is 44.2 Å². The number of nitro benzene ring substituents is 1. The average molecular weight is 328 g/mol. The van der Waals surface area contributed by atoms with Crippen LogP contribution in [0.2, 0.25) is 0 Å². The Morgan fingerprint density at radius 3 is 2.79 bits per heavy atom. The van der Waals surface area contributed by atoms with Crippen molar-refractivity contribution < 1.29 is 10.0 Å². The van der Waals surface area contributed by atoms with Gasteiger partial charge in [0.2, 0.25) is 0 Å². The third-order valence-corrected chi connectivity index (χ3v) is 5.40. The lowest BCUT2D eigenvalue weighted by atomic mass is 9.70. The van der Waals surface area contributed by atoms with Crippen molar-refractivity contribution >= 4 is 5.69 Å². The fraction of sp³-hybridized carbons (Fsp3) is 0.474. The Bertz CT molecular complexity index is 738. The molecule has 0 bridgehead atoms. The van der Waals surface area contributed by atoms with Crippen molar-refractivity contribution in [3.05, 3.63) is 52.3 Å². The number of aryl methyl sites for hydroxylation is 1. The number of hydrogen-bond donors (Lipinski definition) is 1. The van der Waals surface area contributed by atoms with Crippen molar-refractivity contribution in [2.75, 3.05) is 6.61 Å². The molecule has 1 aliphatic heterocycles. The number of aliphatic hydroxyl groups is 1. The molecule has 2 heterocycles. The van der Waals surface area contributed by atoms with Gasteiger partial charge >= 0.3 is 0 Å². The first-order chi connectivity index (χ1) is 11.6. The zero-order valence-electron chi connectivity index (χ0n) is 14.1. The van der Waals surface area contributed by atoms with Crippen molar-refractivity contribution in [2.24, 2.45) is 0 Å². The standard InChI is InChI=1S/C19H24N2O3/c1-2-19(11-6-14-22)10-5-12-20-13-9-16(18(19)20)15-7-3-4-8-17(15)21(23)24/h3-4,7-9,13,22H,2,5-6,10-12,14H2,1H3. The third kappa shape index (κ3) is 2.73. The topological polar surface area (TPSA) is 68.3 Å². The lowest BCUT2D eigenvalue weighted by Crippen LogP contribution is -2.33. The number of nitro groups is 1. The molecule has 5 nitrogen and oxygen atoms in total. The molecular formula is C19H24N2O3. The predicted octanol–water partition coefficient (Wildman–Crippen LogP) is 4.28. The van der Waals surface area contributed by atoms with Crippen LogP contribution in [0, 0.1) is 10.1 Å². The van der Waals surface area contributed by atoms with Gasteiger partial charge in [-0.25, -0.2) is 0 Å². The second-order valence-electron chi connectivity index (χ2n) is 6.61. The summed E-state index contributed by atoms with van der Waals surface area (Å²) in [5.41, 5.74) is 3.02. The van der Waals surface area contributed by atoms with Crippen LogP contribution in [0.5, 0.6) is 0 Å². The summed E-state index contributed by atoms with van der Waals surface area (Å²) in [6.45, 7) is 3.32. The molecule has 1 unspecified atom stereocenters. The lowest BCUT2D eigenvalue weighted by molar-refractivity contribution is -0.384. The van der Waals surface area contributed by atoms with E-state index in [-0.39, 0.29) is 22.6 Å². The Balaban J connectivity index is 2.17. The largest absolute Gasteiger partial charge is 0.396 e. The minimum atomic E-state index is -0.302. The number of nitrogens with zero attached hydrogens (tertiary/aromatic N) is 2. The minimum Gasteiger partial charge on any atom is -0.396 e. The maximum atomic E-state index is 11.5. The van der Waals surface area contributed by atoms with Crippen LogP contribution in [0.3, 0.4) is 0 Å². The van der Waals surface area contributed by atoms with Gasteiger partial charge in [-0.1, -0.05) is 19.1 Å². The summed E-state index contributed by atoms with van der Waals surface area (Å²) in [5.74, 6) is 0. The zero-order chi connectivity index (χ0) is 17.2. The van der Waals surface area contributed by atoms with E-state index >= 15 is 0 Å². The third-order valence-electron chi connectivity index (χ3n) is 5.40. The van der Waals surface area contributed by atoms with Gasteiger partial charge in [-0.3, -0.25) is 10.1 Å². The first kappa shape index (κ1) is 16.7. The number of aromatic nitrogens is 1. The Morgan fingerprint density at radius 2 is 2.08 bits per heavy atom. The summed E-state index contributed by atoms with van der Waals surface area (Å²) in [5, 5.41) is 20.8. The normalized spacial score (nSPS) is 19.9. The molecule has 0 saturated heterocycles. The number of fused-ring (bicyclic) bond motifs is 1. The highest BCUT2D eigenvalue weighted by molar-refractivity contribution is 5.76. The maximum Gasteiger partial charge on any atom is 0.277 e. The van der Waals surface area contributed by atoms with Gasteiger partial charge < -0.3 is 9.67 Å². The quantitative estimate of drug-likeness (QED) is 0.636. The molecule has 3 rings (SSSR count). The van der Waals surface area contributed by atoms with E-state index in [0.717, 1.165) is 44.2 Å². The highest BCUT2D eigenvalue weighted by Gasteiger charge is 2.38. The first-order valence-electron chi connectivity index (χ1n) is 8.67. The molecule has 1 aliphatic rings. The Labute approximate surface area is 142 Å². The van der Waals surface area contributed by atoms with E-state index in [1.807, 2.05) is 18.2 Å². The Hall–Kier alpha value is -2.14. The van der Waals surface area contributed by atoms with Gasteiger partial charge in [-0.15, -0.1) is 0 Å². The number of rotatable bonds is 6. The van der Waals surface area contributed by atoms with E-state index in [1.165, 1.54) is 5.69 Å². The predicted molar refractivity (Wildman–Crippen MR) is 94.0 cm³/mol. The molecule has 0 saturated carbocycles. The minimum absolute atomic E-state index is 0.0104. The highest BCUT2D eigenvalue weighted by atomic mass is 16.6. The van der Waals surface area contributed by atoms with Crippen LogP contribution in [0.25, 0.3) is 11.1 Å². The molecule has 1 aromatic carbocycles. The fourth-order valence-corrected chi connectivity index (χ4v) is 4.22. The molecule has 2 aromatic rings. The molecule has 128 valence electrons. The van der Waals surface area contributed by atoms with Crippen molar-refractivity contribution in [1.82, 2.24) is 4.57 Å². The Morgan fingerprint density at radius 1 is 1.29 bits per heavy atom. The van der Waals surface area contributed by atoms with Gasteiger partial charge in [0.15, 0.2) is 0 Å². The molecule has 1 atom stereocenters. The smallest absolute Gasteiger partial charge is 0.277 e. The summed E-state index contributed by atoms with van der Waals surface area (Å²) < 4.78 is 2.26. The van der Waals surface area contributed by atoms with Gasteiger partial charge in [0.1, 0.15) is 0 Å².